The van der Waals surface area contributed by atoms with Gasteiger partial charge in [0.25, 0.3) is 0 Å². The summed E-state index contributed by atoms with van der Waals surface area (Å²) >= 11 is 0. The maximum Gasteiger partial charge on any atom is 0.314 e. The third kappa shape index (κ3) is 4.73. The molecule has 2 rings (SSSR count). The van der Waals surface area contributed by atoms with Crippen LogP contribution in [-0.4, -0.2) is 19.7 Å². The molecule has 0 saturated heterocycles. The van der Waals surface area contributed by atoms with E-state index in [-0.39, 0.29) is 5.97 Å². The fourth-order valence-electron chi connectivity index (χ4n) is 2.79. The average molecular weight is 318 g/mol. The van der Waals surface area contributed by atoms with Crippen LogP contribution in [0, 0.1) is 11.3 Å². The Bertz CT molecular complexity index is 542. The standard InChI is InChI=1S/C20H30O3/c1-14(2)17-8-6-7-16(12-11-15-9-10-15)18(17)23-13-20(3,4)19(21)22-5/h6-8,14-15H,9-13H2,1-5H3. The summed E-state index contributed by atoms with van der Waals surface area (Å²) in [5, 5.41) is 0. The summed E-state index contributed by atoms with van der Waals surface area (Å²) in [6.07, 6.45) is 5.03. The van der Waals surface area contributed by atoms with E-state index in [1.165, 1.54) is 37.5 Å². The molecule has 0 radical (unpaired) electrons. The van der Waals surface area contributed by atoms with Gasteiger partial charge in [-0.25, -0.2) is 0 Å². The lowest BCUT2D eigenvalue weighted by Gasteiger charge is -2.25. The van der Waals surface area contributed by atoms with Crippen molar-refractivity contribution in [1.82, 2.24) is 0 Å². The molecule has 0 amide bonds. The topological polar surface area (TPSA) is 35.5 Å². The molecule has 0 heterocycles. The first-order valence-electron chi connectivity index (χ1n) is 8.68. The average Bonchev–Trinajstić information content (AvgIpc) is 3.34. The number of methoxy groups -OCH3 is 1. The van der Waals surface area contributed by atoms with Crippen LogP contribution in [-0.2, 0) is 16.0 Å². The van der Waals surface area contributed by atoms with Crippen LogP contribution in [0.5, 0.6) is 5.75 Å². The van der Waals surface area contributed by atoms with Crippen molar-refractivity contribution < 1.29 is 14.3 Å². The number of benzene rings is 1. The normalized spacial score (nSPS) is 14.9. The van der Waals surface area contributed by atoms with Crippen LogP contribution in [0.3, 0.4) is 0 Å². The van der Waals surface area contributed by atoms with Gasteiger partial charge in [0.05, 0.1) is 12.5 Å². The number of hydrogen-bond acceptors (Lipinski definition) is 3. The molecular weight excluding hydrogens is 288 g/mol. The van der Waals surface area contributed by atoms with Gasteiger partial charge in [0.15, 0.2) is 0 Å². The Kier molecular flexibility index (Phi) is 5.72. The highest BCUT2D eigenvalue weighted by atomic mass is 16.5. The van der Waals surface area contributed by atoms with Crippen LogP contribution in [0.4, 0.5) is 0 Å². The summed E-state index contributed by atoms with van der Waals surface area (Å²) in [6.45, 7) is 8.41. The Hall–Kier alpha value is -1.51. The van der Waals surface area contributed by atoms with Crippen molar-refractivity contribution in [2.45, 2.75) is 59.3 Å². The molecule has 1 saturated carbocycles. The summed E-state index contributed by atoms with van der Waals surface area (Å²) in [5.74, 6) is 2.03. The fraction of sp³-hybridized carbons (Fsp3) is 0.650. The van der Waals surface area contributed by atoms with Gasteiger partial charge in [-0.2, -0.15) is 0 Å². The number of carbonyl (C=O) groups is 1. The van der Waals surface area contributed by atoms with Crippen molar-refractivity contribution in [2.75, 3.05) is 13.7 Å². The van der Waals surface area contributed by atoms with E-state index in [1.807, 2.05) is 13.8 Å². The fourth-order valence-corrected chi connectivity index (χ4v) is 2.79. The van der Waals surface area contributed by atoms with E-state index in [4.69, 9.17) is 9.47 Å². The highest BCUT2D eigenvalue weighted by Gasteiger charge is 2.30. The van der Waals surface area contributed by atoms with Gasteiger partial charge in [0.1, 0.15) is 12.4 Å². The lowest BCUT2D eigenvalue weighted by molar-refractivity contribution is -0.152. The second-order valence-corrected chi connectivity index (χ2v) is 7.64. The minimum absolute atomic E-state index is 0.237. The van der Waals surface area contributed by atoms with E-state index in [9.17, 15) is 4.79 Å². The maximum absolute atomic E-state index is 11.9. The molecule has 0 unspecified atom stereocenters. The van der Waals surface area contributed by atoms with Gasteiger partial charge < -0.3 is 9.47 Å². The van der Waals surface area contributed by atoms with Crippen LogP contribution in [0.15, 0.2) is 18.2 Å². The number of esters is 1. The summed E-state index contributed by atoms with van der Waals surface area (Å²) in [7, 11) is 1.42. The second kappa shape index (κ2) is 7.37. The Morgan fingerprint density at radius 3 is 2.57 bits per heavy atom. The molecular formula is C20H30O3. The summed E-state index contributed by atoms with van der Waals surface area (Å²) < 4.78 is 11.0. The minimum atomic E-state index is -0.646. The highest BCUT2D eigenvalue weighted by Crippen LogP contribution is 2.37. The molecule has 0 atom stereocenters. The predicted molar refractivity (Wildman–Crippen MR) is 92.9 cm³/mol. The van der Waals surface area contributed by atoms with Crippen LogP contribution in [0.25, 0.3) is 0 Å². The largest absolute Gasteiger partial charge is 0.492 e. The van der Waals surface area contributed by atoms with Gasteiger partial charge in [-0.05, 0) is 49.7 Å². The molecule has 1 aliphatic carbocycles. The lowest BCUT2D eigenvalue weighted by Crippen LogP contribution is -2.32. The molecule has 3 nitrogen and oxygen atoms in total. The van der Waals surface area contributed by atoms with Gasteiger partial charge in [-0.1, -0.05) is 44.9 Å². The zero-order chi connectivity index (χ0) is 17.0. The van der Waals surface area contributed by atoms with E-state index in [1.54, 1.807) is 0 Å². The van der Waals surface area contributed by atoms with Crippen molar-refractivity contribution in [3.8, 4) is 5.75 Å². The Morgan fingerprint density at radius 2 is 2.00 bits per heavy atom. The van der Waals surface area contributed by atoms with E-state index in [0.717, 1.165) is 18.1 Å². The lowest BCUT2D eigenvalue weighted by atomic mass is 9.94. The molecule has 1 aromatic rings. The van der Waals surface area contributed by atoms with E-state index in [2.05, 4.69) is 32.0 Å². The first kappa shape index (κ1) is 17.8. The molecule has 1 aliphatic rings. The molecule has 0 aliphatic heterocycles. The van der Waals surface area contributed by atoms with Crippen molar-refractivity contribution in [2.24, 2.45) is 11.3 Å². The molecule has 0 N–H and O–H groups in total. The van der Waals surface area contributed by atoms with Crippen molar-refractivity contribution in [1.29, 1.82) is 0 Å². The number of ether oxygens (including phenoxy) is 2. The van der Waals surface area contributed by atoms with Crippen LogP contribution in [0.1, 0.15) is 64.0 Å². The highest BCUT2D eigenvalue weighted by molar-refractivity contribution is 5.75. The Balaban J connectivity index is 2.17. The Morgan fingerprint density at radius 1 is 1.30 bits per heavy atom. The van der Waals surface area contributed by atoms with Crippen molar-refractivity contribution in [3.63, 3.8) is 0 Å². The van der Waals surface area contributed by atoms with Crippen molar-refractivity contribution in [3.05, 3.63) is 29.3 Å². The van der Waals surface area contributed by atoms with Gasteiger partial charge >= 0.3 is 5.97 Å². The zero-order valence-corrected chi connectivity index (χ0v) is 15.1. The predicted octanol–water partition coefficient (Wildman–Crippen LogP) is 4.73. The molecule has 23 heavy (non-hydrogen) atoms. The molecule has 1 aromatic carbocycles. The second-order valence-electron chi connectivity index (χ2n) is 7.64. The van der Waals surface area contributed by atoms with Gasteiger partial charge in [0, 0.05) is 0 Å². The van der Waals surface area contributed by atoms with Crippen LogP contribution < -0.4 is 4.74 Å². The van der Waals surface area contributed by atoms with Crippen LogP contribution >= 0.6 is 0 Å². The monoisotopic (exact) mass is 318 g/mol. The first-order valence-corrected chi connectivity index (χ1v) is 8.68. The Labute approximate surface area is 140 Å². The molecule has 3 heteroatoms. The number of hydrogen-bond donors (Lipinski definition) is 0. The number of rotatable bonds is 8. The molecule has 0 bridgehead atoms. The molecule has 1 fully saturated rings. The molecule has 0 aromatic heterocycles. The summed E-state index contributed by atoms with van der Waals surface area (Å²) in [4.78, 5) is 11.9. The molecule has 128 valence electrons. The summed E-state index contributed by atoms with van der Waals surface area (Å²) in [5.41, 5.74) is 1.84. The van der Waals surface area contributed by atoms with Gasteiger partial charge in [-0.15, -0.1) is 0 Å². The third-order valence-electron chi connectivity index (χ3n) is 4.58. The van der Waals surface area contributed by atoms with Crippen molar-refractivity contribution >= 4 is 5.97 Å². The van der Waals surface area contributed by atoms with E-state index < -0.39 is 5.41 Å². The minimum Gasteiger partial charge on any atom is -0.492 e. The van der Waals surface area contributed by atoms with Gasteiger partial charge in [-0.3, -0.25) is 4.79 Å². The smallest absolute Gasteiger partial charge is 0.314 e. The summed E-state index contributed by atoms with van der Waals surface area (Å²) in [6, 6.07) is 6.41. The SMILES string of the molecule is COC(=O)C(C)(C)COc1c(CCC2CC2)cccc1C(C)C. The van der Waals surface area contributed by atoms with E-state index in [0.29, 0.717) is 12.5 Å². The zero-order valence-electron chi connectivity index (χ0n) is 15.1. The molecule has 0 spiro atoms. The first-order chi connectivity index (χ1) is 10.8. The third-order valence-corrected chi connectivity index (χ3v) is 4.58. The number of para-hydroxylation sites is 1. The van der Waals surface area contributed by atoms with Gasteiger partial charge in [0.2, 0.25) is 0 Å². The number of carbonyl (C=O) groups excluding carboxylic acids is 1. The quantitative estimate of drug-likeness (QED) is 0.650. The van der Waals surface area contributed by atoms with E-state index >= 15 is 0 Å². The maximum atomic E-state index is 11.9. The van der Waals surface area contributed by atoms with Crippen LogP contribution in [0.2, 0.25) is 0 Å². The number of aryl methyl sites for hydroxylation is 1.